The van der Waals surface area contributed by atoms with Crippen LogP contribution in [-0.4, -0.2) is 14.2 Å². The van der Waals surface area contributed by atoms with Crippen LogP contribution in [0.25, 0.3) is 17.7 Å². The largest absolute Gasteiger partial charge is 0.497 e. The molecular formula is C32H28O2. The average Bonchev–Trinajstić information content (AvgIpc) is 2.90. The second-order valence-electron chi connectivity index (χ2n) is 7.87. The van der Waals surface area contributed by atoms with Gasteiger partial charge in [-0.3, -0.25) is 0 Å². The lowest BCUT2D eigenvalue weighted by atomic mass is 9.96. The second kappa shape index (κ2) is 11.0. The molecule has 0 fully saturated rings. The Kier molecular flexibility index (Phi) is 7.42. The van der Waals surface area contributed by atoms with E-state index in [4.69, 9.17) is 9.47 Å². The number of hydrogen-bond donors (Lipinski definition) is 0. The van der Waals surface area contributed by atoms with Crippen molar-refractivity contribution in [3.8, 4) is 11.5 Å². The zero-order valence-electron chi connectivity index (χ0n) is 19.6. The van der Waals surface area contributed by atoms with Crippen LogP contribution in [0.2, 0.25) is 0 Å². The molecule has 2 heteroatoms. The topological polar surface area (TPSA) is 18.5 Å². The highest BCUT2D eigenvalue weighted by molar-refractivity contribution is 5.82. The minimum atomic E-state index is 0.835. The standard InChI is InChI=1S/C32H28O2/c1-24-12-14-26(15-13-24)31(25-8-5-4-6-9-25)10-7-11-32(27-16-20-29(33-2)21-17-27)28-18-22-30(34-3)23-19-28/h4-23H,1H2,2-3H3/b10-7+. The van der Waals surface area contributed by atoms with Crippen molar-refractivity contribution in [1.82, 2.24) is 0 Å². The number of hydrogen-bond acceptors (Lipinski definition) is 2. The Morgan fingerprint density at radius 1 is 0.618 bits per heavy atom. The molecule has 2 nitrogen and oxygen atoms in total. The third-order valence-electron chi connectivity index (χ3n) is 5.68. The van der Waals surface area contributed by atoms with Gasteiger partial charge in [-0.25, -0.2) is 0 Å². The smallest absolute Gasteiger partial charge is 0.118 e. The Labute approximate surface area is 201 Å². The van der Waals surface area contributed by atoms with Crippen molar-refractivity contribution in [2.24, 2.45) is 0 Å². The predicted octanol–water partition coefficient (Wildman–Crippen LogP) is 6.00. The molecule has 0 aliphatic carbocycles. The molecular weight excluding hydrogens is 416 g/mol. The maximum Gasteiger partial charge on any atom is 0.118 e. The number of rotatable bonds is 7. The van der Waals surface area contributed by atoms with Gasteiger partial charge in [0.05, 0.1) is 14.2 Å². The predicted molar refractivity (Wildman–Crippen MR) is 142 cm³/mol. The lowest BCUT2D eigenvalue weighted by Crippen LogP contribution is -2.09. The average molecular weight is 445 g/mol. The third-order valence-corrected chi connectivity index (χ3v) is 5.68. The van der Waals surface area contributed by atoms with Gasteiger partial charge in [0.1, 0.15) is 11.5 Å². The molecule has 4 aromatic rings. The van der Waals surface area contributed by atoms with Gasteiger partial charge < -0.3 is 9.47 Å². The number of benzene rings is 4. The summed E-state index contributed by atoms with van der Waals surface area (Å²) in [5.74, 6) is 1.67. The van der Waals surface area contributed by atoms with E-state index < -0.39 is 0 Å². The van der Waals surface area contributed by atoms with E-state index in [0.29, 0.717) is 0 Å². The number of allylic oxidation sites excluding steroid dienone is 3. The van der Waals surface area contributed by atoms with E-state index in [0.717, 1.165) is 44.2 Å². The van der Waals surface area contributed by atoms with Crippen LogP contribution in [0.5, 0.6) is 11.5 Å². The normalized spacial score (nSPS) is 10.6. The highest BCUT2D eigenvalue weighted by Gasteiger charge is 2.06. The molecule has 4 aromatic carbocycles. The first-order valence-corrected chi connectivity index (χ1v) is 11.2. The minimum absolute atomic E-state index is 0.835. The maximum absolute atomic E-state index is 5.35. The quantitative estimate of drug-likeness (QED) is 0.326. The molecule has 0 bridgehead atoms. The summed E-state index contributed by atoms with van der Waals surface area (Å²) in [6.45, 7) is 4.02. The van der Waals surface area contributed by atoms with E-state index in [1.54, 1.807) is 14.2 Å². The van der Waals surface area contributed by atoms with Gasteiger partial charge in [0, 0.05) is 0 Å². The van der Waals surface area contributed by atoms with Crippen LogP contribution in [0.1, 0.15) is 16.7 Å². The van der Waals surface area contributed by atoms with Crippen molar-refractivity contribution in [3.05, 3.63) is 148 Å². The molecule has 34 heavy (non-hydrogen) atoms. The van der Waals surface area contributed by atoms with E-state index in [2.05, 4.69) is 85.5 Å². The molecule has 0 aromatic heterocycles. The van der Waals surface area contributed by atoms with Crippen molar-refractivity contribution in [3.63, 3.8) is 0 Å². The van der Waals surface area contributed by atoms with Gasteiger partial charge in [-0.1, -0.05) is 104 Å². The molecule has 0 radical (unpaired) electrons. The van der Waals surface area contributed by atoms with E-state index in [1.165, 1.54) is 5.56 Å². The molecule has 0 N–H and O–H groups in total. The minimum Gasteiger partial charge on any atom is -0.497 e. The Bertz CT molecular complexity index is 1320. The first-order valence-electron chi connectivity index (χ1n) is 11.2. The fourth-order valence-electron chi connectivity index (χ4n) is 3.80. The molecule has 0 saturated heterocycles. The molecule has 0 atom stereocenters. The van der Waals surface area contributed by atoms with Crippen LogP contribution in [0, 0.1) is 0 Å². The first kappa shape index (κ1) is 22.9. The lowest BCUT2D eigenvalue weighted by molar-refractivity contribution is 0.414. The third kappa shape index (κ3) is 5.54. The highest BCUT2D eigenvalue weighted by atomic mass is 16.5. The van der Waals surface area contributed by atoms with Gasteiger partial charge in [0.15, 0.2) is 0 Å². The van der Waals surface area contributed by atoms with Crippen molar-refractivity contribution in [2.75, 3.05) is 14.2 Å². The van der Waals surface area contributed by atoms with Gasteiger partial charge in [-0.15, -0.1) is 0 Å². The van der Waals surface area contributed by atoms with Crippen molar-refractivity contribution < 1.29 is 9.47 Å². The Balaban J connectivity index is 1.80. The summed E-state index contributed by atoms with van der Waals surface area (Å²) in [6.07, 6.45) is 6.44. The highest BCUT2D eigenvalue weighted by Crippen LogP contribution is 2.27. The van der Waals surface area contributed by atoms with Crippen LogP contribution in [0.4, 0.5) is 0 Å². The first-order chi connectivity index (χ1) is 16.7. The lowest BCUT2D eigenvalue weighted by Gasteiger charge is -2.10. The van der Waals surface area contributed by atoms with E-state index in [-0.39, 0.29) is 0 Å². The van der Waals surface area contributed by atoms with E-state index in [1.807, 2.05) is 42.5 Å². The van der Waals surface area contributed by atoms with Crippen molar-refractivity contribution in [2.45, 2.75) is 0 Å². The van der Waals surface area contributed by atoms with Crippen molar-refractivity contribution >= 4 is 17.7 Å². The van der Waals surface area contributed by atoms with Gasteiger partial charge in [0.2, 0.25) is 0 Å². The Morgan fingerprint density at radius 3 is 1.65 bits per heavy atom. The molecule has 0 saturated carbocycles. The van der Waals surface area contributed by atoms with Gasteiger partial charge in [-0.2, -0.15) is 0 Å². The van der Waals surface area contributed by atoms with Crippen LogP contribution in [-0.2, 0) is 0 Å². The zero-order chi connectivity index (χ0) is 23.8. The summed E-state index contributed by atoms with van der Waals surface area (Å²) in [5.41, 5.74) is 5.65. The molecule has 0 heterocycles. The molecule has 0 aliphatic rings. The van der Waals surface area contributed by atoms with Crippen LogP contribution < -0.4 is 19.9 Å². The molecule has 0 amide bonds. The fraction of sp³-hybridized carbons (Fsp3) is 0.0625. The van der Waals surface area contributed by atoms with Gasteiger partial charge >= 0.3 is 0 Å². The molecule has 0 aliphatic heterocycles. The molecule has 4 rings (SSSR count). The van der Waals surface area contributed by atoms with Crippen LogP contribution in [0.15, 0.2) is 121 Å². The van der Waals surface area contributed by atoms with Gasteiger partial charge in [0.25, 0.3) is 0 Å². The maximum atomic E-state index is 5.35. The Hall–Kier alpha value is -4.30. The van der Waals surface area contributed by atoms with Crippen molar-refractivity contribution in [1.29, 1.82) is 0 Å². The summed E-state index contributed by atoms with van der Waals surface area (Å²) < 4.78 is 10.7. The molecule has 0 unspecified atom stereocenters. The summed E-state index contributed by atoms with van der Waals surface area (Å²) in [6, 6.07) is 35.0. The number of methoxy groups -OCH3 is 2. The van der Waals surface area contributed by atoms with Crippen LogP contribution >= 0.6 is 0 Å². The zero-order valence-corrected chi connectivity index (χ0v) is 19.6. The van der Waals surface area contributed by atoms with E-state index in [9.17, 15) is 0 Å². The fourth-order valence-corrected chi connectivity index (χ4v) is 3.80. The summed E-state index contributed by atoms with van der Waals surface area (Å²) >= 11 is 0. The monoisotopic (exact) mass is 444 g/mol. The second-order valence-corrected chi connectivity index (χ2v) is 7.87. The van der Waals surface area contributed by atoms with Gasteiger partial charge in [-0.05, 0) is 62.5 Å². The molecule has 0 spiro atoms. The Morgan fingerprint density at radius 2 is 1.15 bits per heavy atom. The van der Waals surface area contributed by atoms with E-state index >= 15 is 0 Å². The summed E-state index contributed by atoms with van der Waals surface area (Å²) in [5, 5.41) is 2.15. The summed E-state index contributed by atoms with van der Waals surface area (Å²) in [4.78, 5) is 0. The van der Waals surface area contributed by atoms with Crippen LogP contribution in [0.3, 0.4) is 0 Å². The number of ether oxygens (including phenoxy) is 2. The molecule has 168 valence electrons. The summed E-state index contributed by atoms with van der Waals surface area (Å²) in [7, 11) is 3.36. The SMILES string of the molecule is C=c1ccc(=C(/C=C/C=C(c2ccc(OC)cc2)c2ccc(OC)cc2)c2ccccc2)cc1.